The first-order valence-electron chi connectivity index (χ1n) is 9.27. The van der Waals surface area contributed by atoms with Crippen molar-refractivity contribution in [1.29, 1.82) is 0 Å². The Balaban J connectivity index is 1.90. The van der Waals surface area contributed by atoms with Gasteiger partial charge in [0, 0.05) is 23.3 Å². The van der Waals surface area contributed by atoms with Gasteiger partial charge < -0.3 is 14.6 Å². The number of benzene rings is 2. The van der Waals surface area contributed by atoms with E-state index in [4.69, 9.17) is 14.6 Å². The Morgan fingerprint density at radius 3 is 2.31 bits per heavy atom. The monoisotopic (exact) mass is 476 g/mol. The smallest absolute Gasteiger partial charge is 0.344 e. The molecule has 2 aromatic carbocycles. The number of carbonyl (C=O) groups is 2. The second-order valence-corrected chi connectivity index (χ2v) is 9.76. The van der Waals surface area contributed by atoms with E-state index in [2.05, 4.69) is 10.3 Å². The van der Waals surface area contributed by atoms with Crippen molar-refractivity contribution < 1.29 is 32.6 Å². The summed E-state index contributed by atoms with van der Waals surface area (Å²) in [5.74, 6) is -1.01. The van der Waals surface area contributed by atoms with E-state index >= 15 is 0 Å². The van der Waals surface area contributed by atoms with E-state index < -0.39 is 27.8 Å². The Bertz CT molecular complexity index is 1250. The molecular weight excluding hydrogens is 456 g/mol. The van der Waals surface area contributed by atoms with Gasteiger partial charge in [0.25, 0.3) is 5.91 Å². The number of carboxylic acids is 1. The molecular formula is C21H20N2O7S2. The molecule has 0 aliphatic rings. The van der Waals surface area contributed by atoms with Gasteiger partial charge in [0.15, 0.2) is 21.1 Å². The van der Waals surface area contributed by atoms with Gasteiger partial charge in [0.1, 0.15) is 17.2 Å². The number of sulfone groups is 1. The summed E-state index contributed by atoms with van der Waals surface area (Å²) in [6.07, 6.45) is -0.0564. The van der Waals surface area contributed by atoms with Gasteiger partial charge in [-0.25, -0.2) is 18.2 Å². The van der Waals surface area contributed by atoms with Gasteiger partial charge in [-0.05, 0) is 50.2 Å². The van der Waals surface area contributed by atoms with Gasteiger partial charge in [-0.2, -0.15) is 0 Å². The van der Waals surface area contributed by atoms with E-state index in [1.54, 1.807) is 12.3 Å². The maximum Gasteiger partial charge on any atom is 0.344 e. The minimum absolute atomic E-state index is 0.116. The first kappa shape index (κ1) is 23.2. The lowest BCUT2D eigenvalue weighted by Gasteiger charge is -2.14. The zero-order valence-electron chi connectivity index (χ0n) is 17.4. The third-order valence-corrected chi connectivity index (χ3v) is 6.13. The lowest BCUT2D eigenvalue weighted by Crippen LogP contribution is -2.23. The molecule has 0 saturated heterocycles. The van der Waals surface area contributed by atoms with Gasteiger partial charge >= 0.3 is 5.97 Å². The number of ether oxygens (including phenoxy) is 2. The van der Waals surface area contributed by atoms with Crippen LogP contribution in [0.4, 0.5) is 5.13 Å². The van der Waals surface area contributed by atoms with Crippen molar-refractivity contribution in [2.24, 2.45) is 0 Å². The van der Waals surface area contributed by atoms with Crippen LogP contribution in [0.2, 0.25) is 0 Å². The van der Waals surface area contributed by atoms with Crippen LogP contribution >= 0.6 is 11.3 Å². The molecule has 1 aromatic heterocycles. The van der Waals surface area contributed by atoms with Crippen LogP contribution in [0, 0.1) is 6.92 Å². The van der Waals surface area contributed by atoms with Gasteiger partial charge in [-0.1, -0.05) is 0 Å². The van der Waals surface area contributed by atoms with Crippen LogP contribution in [0.15, 0.2) is 52.7 Å². The number of thiazole rings is 1. The number of amides is 1. The first-order valence-corrected chi connectivity index (χ1v) is 12.0. The molecule has 2 N–H and O–H groups in total. The van der Waals surface area contributed by atoms with Crippen LogP contribution in [-0.2, 0) is 14.6 Å². The highest BCUT2D eigenvalue weighted by atomic mass is 32.2. The second-order valence-electron chi connectivity index (χ2n) is 6.89. The van der Waals surface area contributed by atoms with Gasteiger partial charge in [0.05, 0.1) is 10.6 Å². The highest BCUT2D eigenvalue weighted by Gasteiger charge is 2.17. The maximum atomic E-state index is 12.7. The number of aromatic nitrogens is 1. The van der Waals surface area contributed by atoms with Crippen molar-refractivity contribution >= 4 is 38.2 Å². The summed E-state index contributed by atoms with van der Waals surface area (Å²) in [5.41, 5.74) is 0.926. The van der Waals surface area contributed by atoms with Crippen LogP contribution in [0.25, 0.3) is 0 Å². The van der Waals surface area contributed by atoms with Gasteiger partial charge in [0.2, 0.25) is 0 Å². The lowest BCUT2D eigenvalue weighted by atomic mass is 10.2. The van der Waals surface area contributed by atoms with E-state index in [9.17, 15) is 18.0 Å². The highest BCUT2D eigenvalue weighted by Crippen LogP contribution is 2.29. The molecule has 168 valence electrons. The van der Waals surface area contributed by atoms with Crippen molar-refractivity contribution in [2.75, 3.05) is 11.6 Å². The summed E-state index contributed by atoms with van der Waals surface area (Å²) < 4.78 is 34.4. The third-order valence-electron chi connectivity index (χ3n) is 4.13. The number of aryl methyl sites for hydroxylation is 1. The van der Waals surface area contributed by atoms with Gasteiger partial charge in [-0.15, -0.1) is 11.3 Å². The third kappa shape index (κ3) is 6.05. The quantitative estimate of drug-likeness (QED) is 0.502. The van der Waals surface area contributed by atoms with Crippen LogP contribution in [0.1, 0.15) is 23.0 Å². The molecule has 11 heteroatoms. The number of carbonyl (C=O) groups excluding carboxylic acids is 1. The van der Waals surface area contributed by atoms with Crippen molar-refractivity contribution in [3.05, 3.63) is 59.1 Å². The van der Waals surface area contributed by atoms with Crippen molar-refractivity contribution in [1.82, 2.24) is 4.98 Å². The molecule has 1 atom stereocenters. The molecule has 1 amide bonds. The fraction of sp³-hybridized carbons (Fsp3) is 0.190. The summed E-state index contributed by atoms with van der Waals surface area (Å²) in [7, 11) is -3.36. The van der Waals surface area contributed by atoms with Crippen molar-refractivity contribution in [3.63, 3.8) is 0 Å². The molecule has 0 aliphatic heterocycles. The molecule has 9 nitrogen and oxygen atoms in total. The Morgan fingerprint density at radius 2 is 1.75 bits per heavy atom. The average Bonchev–Trinajstić information content (AvgIpc) is 3.12. The number of nitrogens with one attached hydrogen (secondary N) is 1. The molecule has 3 rings (SSSR count). The topological polar surface area (TPSA) is 132 Å². The van der Waals surface area contributed by atoms with Crippen molar-refractivity contribution in [2.45, 2.75) is 24.8 Å². The van der Waals surface area contributed by atoms with Crippen LogP contribution < -0.4 is 14.8 Å². The Kier molecular flexibility index (Phi) is 6.80. The van der Waals surface area contributed by atoms with Gasteiger partial charge in [-0.3, -0.25) is 10.1 Å². The zero-order chi connectivity index (χ0) is 23.5. The molecule has 1 heterocycles. The van der Waals surface area contributed by atoms with Crippen LogP contribution in [-0.4, -0.2) is 42.7 Å². The Hall–Kier alpha value is -3.44. The average molecular weight is 477 g/mol. The zero-order valence-corrected chi connectivity index (χ0v) is 19.0. The molecule has 0 bridgehead atoms. The summed E-state index contributed by atoms with van der Waals surface area (Å²) in [6, 6.07) is 10.0. The number of rotatable bonds is 8. The lowest BCUT2D eigenvalue weighted by molar-refractivity contribution is -0.144. The maximum absolute atomic E-state index is 12.7. The summed E-state index contributed by atoms with van der Waals surface area (Å²) >= 11 is 1.27. The summed E-state index contributed by atoms with van der Waals surface area (Å²) in [4.78, 5) is 28.2. The normalized spacial score (nSPS) is 12.1. The summed E-state index contributed by atoms with van der Waals surface area (Å²) in [6.45, 7) is 3.16. The second kappa shape index (κ2) is 9.37. The molecule has 0 aliphatic carbocycles. The summed E-state index contributed by atoms with van der Waals surface area (Å²) in [5, 5.41) is 14.0. The predicted molar refractivity (Wildman–Crippen MR) is 119 cm³/mol. The number of carboxylic acid groups (broad SMARTS) is 1. The largest absolute Gasteiger partial charge is 0.479 e. The van der Waals surface area contributed by atoms with E-state index in [0.29, 0.717) is 10.9 Å². The number of aliphatic carboxylic acids is 1. The molecule has 1 unspecified atom stereocenters. The molecule has 32 heavy (non-hydrogen) atoms. The molecule has 3 aromatic rings. The SMILES string of the molecule is Cc1csc(NC(=O)c2cc(Oc3ccc(S(C)(=O)=O)cc3)cc(OC(C)C(=O)O)c2)n1. The Labute approximate surface area is 188 Å². The Morgan fingerprint density at radius 1 is 1.09 bits per heavy atom. The number of hydrogen-bond acceptors (Lipinski definition) is 8. The van der Waals surface area contributed by atoms with E-state index in [1.165, 1.54) is 60.7 Å². The predicted octanol–water partition coefficient (Wildman–Crippen LogP) is 3.75. The number of nitrogens with zero attached hydrogens (tertiary/aromatic N) is 1. The number of hydrogen-bond donors (Lipinski definition) is 2. The van der Waals surface area contributed by atoms with Crippen LogP contribution in [0.3, 0.4) is 0 Å². The minimum Gasteiger partial charge on any atom is -0.479 e. The first-order chi connectivity index (χ1) is 15.0. The highest BCUT2D eigenvalue weighted by molar-refractivity contribution is 7.90. The molecule has 0 saturated carbocycles. The van der Waals surface area contributed by atoms with Crippen molar-refractivity contribution in [3.8, 4) is 17.2 Å². The van der Waals surface area contributed by atoms with E-state index in [-0.39, 0.29) is 22.0 Å². The molecule has 0 radical (unpaired) electrons. The standard InChI is InChI=1S/C21H20N2O7S2/c1-12-11-31-21(22-12)23-19(24)14-8-16(29-13(2)20(25)26)10-17(9-14)30-15-4-6-18(7-5-15)32(3,27)28/h4-11,13H,1-3H3,(H,25,26)(H,22,23,24). The van der Waals surface area contributed by atoms with E-state index in [0.717, 1.165) is 11.9 Å². The number of anilines is 1. The van der Waals surface area contributed by atoms with Crippen LogP contribution in [0.5, 0.6) is 17.2 Å². The minimum atomic E-state index is -3.36. The van der Waals surface area contributed by atoms with E-state index in [1.807, 2.05) is 0 Å². The molecule has 0 spiro atoms. The fourth-order valence-electron chi connectivity index (χ4n) is 2.56. The molecule has 0 fully saturated rings. The fourth-order valence-corrected chi connectivity index (χ4v) is 3.87.